The highest BCUT2D eigenvalue weighted by atomic mass is 127. The molecule has 0 radical (unpaired) electrons. The molecule has 0 saturated heterocycles. The van der Waals surface area contributed by atoms with Crippen molar-refractivity contribution in [3.05, 3.63) is 29.3 Å². The van der Waals surface area contributed by atoms with Gasteiger partial charge in [0, 0.05) is 5.75 Å². The minimum absolute atomic E-state index is 0.538. The van der Waals surface area contributed by atoms with Crippen LogP contribution in [0.1, 0.15) is 11.1 Å². The van der Waals surface area contributed by atoms with Crippen molar-refractivity contribution in [2.24, 2.45) is 0 Å². The molecule has 1 aliphatic rings. The lowest BCUT2D eigenvalue weighted by Crippen LogP contribution is -2.31. The van der Waals surface area contributed by atoms with Gasteiger partial charge >= 0.3 is 7.12 Å². The van der Waals surface area contributed by atoms with Gasteiger partial charge in [-0.1, -0.05) is 27.1 Å². The summed E-state index contributed by atoms with van der Waals surface area (Å²) in [7, 11) is 1.01. The van der Waals surface area contributed by atoms with Crippen LogP contribution in [0.2, 0.25) is 0 Å². The molecular formula is C8H8BIO2S. The van der Waals surface area contributed by atoms with E-state index in [0.717, 1.165) is 16.8 Å². The maximum Gasteiger partial charge on any atom is 0.492 e. The molecule has 0 atom stereocenters. The van der Waals surface area contributed by atoms with Crippen molar-refractivity contribution in [3.8, 4) is 0 Å². The first kappa shape index (κ1) is 9.83. The van der Waals surface area contributed by atoms with Gasteiger partial charge in [-0.25, -0.2) is 0 Å². The van der Waals surface area contributed by atoms with Crippen molar-refractivity contribution >= 4 is 42.7 Å². The van der Waals surface area contributed by atoms with Gasteiger partial charge in [0.15, 0.2) is 0 Å². The Morgan fingerprint density at radius 2 is 2.46 bits per heavy atom. The molecule has 13 heavy (non-hydrogen) atoms. The summed E-state index contributed by atoms with van der Waals surface area (Å²) in [6, 6.07) is 6.07. The van der Waals surface area contributed by atoms with E-state index < -0.39 is 7.12 Å². The van der Waals surface area contributed by atoms with E-state index in [1.54, 1.807) is 8.93 Å². The molecule has 2 nitrogen and oxygen atoms in total. The second-order valence-corrected chi connectivity index (χ2v) is 5.28. The number of benzene rings is 1. The van der Waals surface area contributed by atoms with Gasteiger partial charge < -0.3 is 9.68 Å². The first-order valence-corrected chi connectivity index (χ1v) is 7.49. The second-order valence-electron chi connectivity index (χ2n) is 2.91. The van der Waals surface area contributed by atoms with Gasteiger partial charge in [-0.15, -0.1) is 0 Å². The van der Waals surface area contributed by atoms with Crippen LogP contribution in [0.4, 0.5) is 0 Å². The molecule has 1 N–H and O–H groups in total. The molecule has 1 aromatic carbocycles. The van der Waals surface area contributed by atoms with Crippen LogP contribution in [-0.2, 0) is 17.0 Å². The van der Waals surface area contributed by atoms with Gasteiger partial charge in [0.05, 0.1) is 6.61 Å². The molecule has 0 saturated carbocycles. The summed E-state index contributed by atoms with van der Waals surface area (Å²) >= 11 is 2.26. The van der Waals surface area contributed by atoms with Crippen LogP contribution >= 0.6 is 30.1 Å². The molecule has 1 aliphatic heterocycles. The Morgan fingerprint density at radius 1 is 1.62 bits per heavy atom. The van der Waals surface area contributed by atoms with Crippen LogP contribution in [0.5, 0.6) is 0 Å². The normalized spacial score (nSPS) is 14.8. The van der Waals surface area contributed by atoms with Gasteiger partial charge in [-0.3, -0.25) is 0 Å². The van der Waals surface area contributed by atoms with Crippen LogP contribution in [0.25, 0.3) is 0 Å². The number of hydrogen-bond acceptors (Lipinski definition) is 3. The van der Waals surface area contributed by atoms with E-state index in [1.807, 2.05) is 18.2 Å². The molecular weight excluding hydrogens is 298 g/mol. The van der Waals surface area contributed by atoms with Crippen molar-refractivity contribution in [1.82, 2.24) is 0 Å². The highest BCUT2D eigenvalue weighted by Gasteiger charge is 2.29. The Labute approximate surface area is 93.8 Å². The molecule has 0 spiro atoms. The minimum Gasteiger partial charge on any atom is -0.423 e. The SMILES string of the molecule is OB1OCc2cccc(CSI)c21. The Bertz CT molecular complexity index is 321. The van der Waals surface area contributed by atoms with E-state index in [9.17, 15) is 5.02 Å². The van der Waals surface area contributed by atoms with Crippen LogP contribution < -0.4 is 5.46 Å². The smallest absolute Gasteiger partial charge is 0.423 e. The van der Waals surface area contributed by atoms with Gasteiger partial charge in [0.2, 0.25) is 0 Å². The molecule has 1 heterocycles. The van der Waals surface area contributed by atoms with E-state index in [4.69, 9.17) is 4.65 Å². The number of halogens is 1. The maximum absolute atomic E-state index is 9.55. The van der Waals surface area contributed by atoms with Crippen LogP contribution in [0.15, 0.2) is 18.2 Å². The lowest BCUT2D eigenvalue weighted by molar-refractivity contribution is 0.275. The van der Waals surface area contributed by atoms with Crippen LogP contribution in [0, 0.1) is 0 Å². The van der Waals surface area contributed by atoms with Crippen LogP contribution in [-0.4, -0.2) is 12.1 Å². The van der Waals surface area contributed by atoms with E-state index in [0.29, 0.717) is 6.61 Å². The monoisotopic (exact) mass is 306 g/mol. The standard InChI is InChI=1S/C8H8BIO2S/c10-13-5-7-3-1-2-6-4-12-9(11)8(6)7/h1-3,11H,4-5H2. The van der Waals surface area contributed by atoms with E-state index in [2.05, 4.69) is 21.2 Å². The lowest BCUT2D eigenvalue weighted by atomic mass is 9.76. The molecule has 2 rings (SSSR count). The fourth-order valence-corrected chi connectivity index (χ4v) is 2.92. The Hall–Kier alpha value is 0.285. The third-order valence-corrected chi connectivity index (χ3v) is 3.49. The average molecular weight is 306 g/mol. The molecule has 5 heteroatoms. The molecule has 68 valence electrons. The summed E-state index contributed by atoms with van der Waals surface area (Å²) in [5.41, 5.74) is 3.28. The first-order chi connectivity index (χ1) is 6.33. The Balaban J connectivity index is 2.41. The van der Waals surface area contributed by atoms with Crippen molar-refractivity contribution in [3.63, 3.8) is 0 Å². The number of hydrogen-bond donors (Lipinski definition) is 1. The van der Waals surface area contributed by atoms with Gasteiger partial charge in [-0.05, 0) is 37.8 Å². The van der Waals surface area contributed by atoms with Gasteiger partial charge in [0.1, 0.15) is 0 Å². The Kier molecular flexibility index (Phi) is 3.18. The molecule has 0 unspecified atom stereocenters. The summed E-state index contributed by atoms with van der Waals surface area (Å²) in [6.45, 7) is 0.538. The molecule has 0 aliphatic carbocycles. The third kappa shape index (κ3) is 1.88. The van der Waals surface area contributed by atoms with Crippen molar-refractivity contribution < 1.29 is 9.68 Å². The predicted molar refractivity (Wildman–Crippen MR) is 64.2 cm³/mol. The zero-order valence-corrected chi connectivity index (χ0v) is 9.84. The highest BCUT2D eigenvalue weighted by molar-refractivity contribution is 14.2. The topological polar surface area (TPSA) is 29.5 Å². The van der Waals surface area contributed by atoms with Crippen molar-refractivity contribution in [1.29, 1.82) is 0 Å². The average Bonchev–Trinajstić information content (AvgIpc) is 2.50. The summed E-state index contributed by atoms with van der Waals surface area (Å²) in [5, 5.41) is 9.55. The van der Waals surface area contributed by atoms with Crippen molar-refractivity contribution in [2.75, 3.05) is 0 Å². The molecule has 1 aromatic rings. The predicted octanol–water partition coefficient (Wildman–Crippen LogP) is 1.49. The minimum atomic E-state index is -0.713. The van der Waals surface area contributed by atoms with Crippen LogP contribution in [0.3, 0.4) is 0 Å². The largest absolute Gasteiger partial charge is 0.492 e. The molecule has 0 aromatic heterocycles. The lowest BCUT2D eigenvalue weighted by Gasteiger charge is -2.05. The van der Waals surface area contributed by atoms with E-state index in [-0.39, 0.29) is 0 Å². The third-order valence-electron chi connectivity index (χ3n) is 2.14. The molecule has 0 fully saturated rings. The van der Waals surface area contributed by atoms with Crippen molar-refractivity contribution in [2.45, 2.75) is 12.4 Å². The van der Waals surface area contributed by atoms with Gasteiger partial charge in [-0.2, -0.15) is 0 Å². The highest BCUT2D eigenvalue weighted by Crippen LogP contribution is 2.21. The summed E-state index contributed by atoms with van der Waals surface area (Å²) in [4.78, 5) is 0. The van der Waals surface area contributed by atoms with Gasteiger partial charge in [0.25, 0.3) is 0 Å². The second kappa shape index (κ2) is 4.21. The fraction of sp³-hybridized carbons (Fsp3) is 0.250. The quantitative estimate of drug-likeness (QED) is 0.663. The number of rotatable bonds is 2. The molecule has 0 bridgehead atoms. The zero-order valence-electron chi connectivity index (χ0n) is 6.87. The Morgan fingerprint density at radius 3 is 3.23 bits per heavy atom. The number of fused-ring (bicyclic) bond motifs is 1. The zero-order chi connectivity index (χ0) is 9.26. The fourth-order valence-electron chi connectivity index (χ4n) is 1.55. The van der Waals surface area contributed by atoms with E-state index >= 15 is 0 Å². The summed E-state index contributed by atoms with van der Waals surface area (Å²) < 4.78 is 5.15. The maximum atomic E-state index is 9.55. The van der Waals surface area contributed by atoms with E-state index in [1.165, 1.54) is 5.56 Å². The molecule has 0 amide bonds. The summed E-state index contributed by atoms with van der Waals surface area (Å²) in [5.74, 6) is 0.921. The first-order valence-electron chi connectivity index (χ1n) is 3.97. The summed E-state index contributed by atoms with van der Waals surface area (Å²) in [6.07, 6.45) is 0.